The fourth-order valence-corrected chi connectivity index (χ4v) is 3.30. The Kier molecular flexibility index (Phi) is 6.49. The van der Waals surface area contributed by atoms with Gasteiger partial charge in [-0.15, -0.1) is 0 Å². The van der Waals surface area contributed by atoms with Crippen LogP contribution in [-0.4, -0.2) is 33.3 Å². The van der Waals surface area contributed by atoms with Crippen LogP contribution in [0.25, 0.3) is 5.65 Å². The van der Waals surface area contributed by atoms with Crippen molar-refractivity contribution in [3.05, 3.63) is 100.0 Å². The Balaban J connectivity index is 1.26. The Morgan fingerprint density at radius 3 is 2.70 bits per heavy atom. The maximum absolute atomic E-state index is 12.5. The summed E-state index contributed by atoms with van der Waals surface area (Å²) in [7, 11) is 0. The van der Waals surface area contributed by atoms with E-state index in [9.17, 15) is 14.9 Å². The van der Waals surface area contributed by atoms with Crippen LogP contribution >= 0.6 is 0 Å². The van der Waals surface area contributed by atoms with Crippen molar-refractivity contribution in [1.29, 1.82) is 0 Å². The van der Waals surface area contributed by atoms with Crippen LogP contribution in [0.5, 0.6) is 5.75 Å². The van der Waals surface area contributed by atoms with E-state index in [0.717, 1.165) is 22.6 Å². The summed E-state index contributed by atoms with van der Waals surface area (Å²) in [6.45, 7) is 3.19. The van der Waals surface area contributed by atoms with E-state index in [1.165, 1.54) is 12.1 Å². The first-order valence-electron chi connectivity index (χ1n) is 10.4. The lowest BCUT2D eigenvalue weighted by Crippen LogP contribution is -2.28. The molecule has 0 aliphatic rings. The molecule has 168 valence electrons. The molecule has 9 heteroatoms. The van der Waals surface area contributed by atoms with Crippen molar-refractivity contribution in [2.75, 3.05) is 18.4 Å². The number of nitro benzene ring substituents is 1. The molecule has 1 amide bonds. The number of aryl methyl sites for hydroxylation is 1. The van der Waals surface area contributed by atoms with E-state index in [-0.39, 0.29) is 11.6 Å². The lowest BCUT2D eigenvalue weighted by Gasteiger charge is -2.09. The lowest BCUT2D eigenvalue weighted by molar-refractivity contribution is -0.384. The fourth-order valence-electron chi connectivity index (χ4n) is 3.30. The van der Waals surface area contributed by atoms with Crippen molar-refractivity contribution in [3.8, 4) is 5.75 Å². The Bertz CT molecular complexity index is 1280. The molecule has 0 saturated heterocycles. The fraction of sp³-hybridized carbons (Fsp3) is 0.167. The van der Waals surface area contributed by atoms with Crippen molar-refractivity contribution in [2.45, 2.75) is 13.5 Å². The van der Waals surface area contributed by atoms with E-state index >= 15 is 0 Å². The van der Waals surface area contributed by atoms with Crippen LogP contribution in [-0.2, 0) is 6.61 Å². The average molecular weight is 445 g/mol. The van der Waals surface area contributed by atoms with E-state index in [4.69, 9.17) is 4.74 Å². The normalized spacial score (nSPS) is 10.7. The molecule has 0 spiro atoms. The summed E-state index contributed by atoms with van der Waals surface area (Å²) in [6, 6.07) is 17.1. The van der Waals surface area contributed by atoms with E-state index in [0.29, 0.717) is 31.0 Å². The third-order valence-electron chi connectivity index (χ3n) is 4.95. The van der Waals surface area contributed by atoms with Gasteiger partial charge in [-0.25, -0.2) is 4.98 Å². The number of nitro groups is 1. The van der Waals surface area contributed by atoms with Crippen LogP contribution in [0, 0.1) is 17.0 Å². The Hall–Kier alpha value is -4.40. The number of non-ortho nitro benzene ring substituents is 1. The molecule has 2 aromatic heterocycles. The number of hydrogen-bond acceptors (Lipinski definition) is 6. The van der Waals surface area contributed by atoms with E-state index < -0.39 is 4.92 Å². The predicted molar refractivity (Wildman–Crippen MR) is 125 cm³/mol. The van der Waals surface area contributed by atoms with Gasteiger partial charge in [0, 0.05) is 48.9 Å². The molecule has 0 radical (unpaired) electrons. The number of carbonyl (C=O) groups is 1. The summed E-state index contributed by atoms with van der Waals surface area (Å²) in [4.78, 5) is 27.2. The number of amides is 1. The molecule has 2 N–H and O–H groups in total. The number of imidazole rings is 1. The molecule has 0 aliphatic heterocycles. The standard InChI is InChI=1S/C24H23N5O4/c1-17-5-10-23-27-20(15-28(23)14-17)16-33-22-4-2-3-18(13-22)24(30)26-12-11-25-19-6-8-21(9-7-19)29(31)32/h2-10,13-15,25H,11-12,16H2,1H3,(H,26,30). The Morgan fingerprint density at radius 2 is 1.91 bits per heavy atom. The molecule has 0 unspecified atom stereocenters. The van der Waals surface area contributed by atoms with Gasteiger partial charge >= 0.3 is 0 Å². The number of fused-ring (bicyclic) bond motifs is 1. The molecule has 0 bridgehead atoms. The van der Waals surface area contributed by atoms with Crippen LogP contribution in [0.15, 0.2) is 73.1 Å². The molecule has 4 rings (SSSR count). The number of aromatic nitrogens is 2. The molecular weight excluding hydrogens is 422 g/mol. The summed E-state index contributed by atoms with van der Waals surface area (Å²) in [5, 5.41) is 16.6. The average Bonchev–Trinajstić information content (AvgIpc) is 3.23. The summed E-state index contributed by atoms with van der Waals surface area (Å²) in [6.07, 6.45) is 3.93. The van der Waals surface area contributed by atoms with Crippen LogP contribution in [0.3, 0.4) is 0 Å². The maximum atomic E-state index is 12.5. The smallest absolute Gasteiger partial charge is 0.269 e. The highest BCUT2D eigenvalue weighted by Gasteiger charge is 2.08. The Morgan fingerprint density at radius 1 is 1.09 bits per heavy atom. The quantitative estimate of drug-likeness (QED) is 0.229. The van der Waals surface area contributed by atoms with Crippen LogP contribution in [0.4, 0.5) is 11.4 Å². The zero-order valence-electron chi connectivity index (χ0n) is 18.0. The molecule has 0 aliphatic carbocycles. The highest BCUT2D eigenvalue weighted by atomic mass is 16.6. The number of carbonyl (C=O) groups excluding carboxylic acids is 1. The minimum absolute atomic E-state index is 0.0345. The first-order valence-corrected chi connectivity index (χ1v) is 10.4. The SMILES string of the molecule is Cc1ccc2nc(COc3cccc(C(=O)NCCNc4ccc([N+](=O)[O-])cc4)c3)cn2c1. The van der Waals surface area contributed by atoms with Gasteiger partial charge in [-0.2, -0.15) is 0 Å². The van der Waals surface area contributed by atoms with E-state index in [1.807, 2.05) is 35.9 Å². The second-order valence-electron chi connectivity index (χ2n) is 7.51. The maximum Gasteiger partial charge on any atom is 0.269 e. The van der Waals surface area contributed by atoms with Gasteiger partial charge in [0.2, 0.25) is 0 Å². The number of benzene rings is 2. The second-order valence-corrected chi connectivity index (χ2v) is 7.51. The predicted octanol–water partition coefficient (Wildman–Crippen LogP) is 3.97. The third-order valence-corrected chi connectivity index (χ3v) is 4.95. The van der Waals surface area contributed by atoms with Gasteiger partial charge < -0.3 is 19.8 Å². The number of nitrogens with one attached hydrogen (secondary N) is 2. The monoisotopic (exact) mass is 445 g/mol. The largest absolute Gasteiger partial charge is 0.487 e. The highest BCUT2D eigenvalue weighted by molar-refractivity contribution is 5.94. The summed E-state index contributed by atoms with van der Waals surface area (Å²) in [5.41, 5.74) is 4.07. The number of ether oxygens (including phenoxy) is 1. The molecule has 33 heavy (non-hydrogen) atoms. The van der Waals surface area contributed by atoms with E-state index in [1.54, 1.807) is 36.4 Å². The van der Waals surface area contributed by atoms with Crippen molar-refractivity contribution >= 4 is 22.9 Å². The van der Waals surface area contributed by atoms with Gasteiger partial charge in [0.1, 0.15) is 18.0 Å². The van der Waals surface area contributed by atoms with E-state index in [2.05, 4.69) is 15.6 Å². The zero-order valence-corrected chi connectivity index (χ0v) is 18.0. The minimum atomic E-state index is -0.444. The Labute approximate surface area is 190 Å². The molecule has 2 aromatic carbocycles. The number of nitrogens with zero attached hydrogens (tertiary/aromatic N) is 3. The van der Waals surface area contributed by atoms with Gasteiger partial charge in [-0.3, -0.25) is 14.9 Å². The van der Waals surface area contributed by atoms with Crippen molar-refractivity contribution in [2.24, 2.45) is 0 Å². The van der Waals surface area contributed by atoms with Gasteiger partial charge in [-0.05, 0) is 48.9 Å². The molecule has 0 saturated carbocycles. The molecule has 0 fully saturated rings. The topological polar surface area (TPSA) is 111 Å². The van der Waals surface area contributed by atoms with Crippen LogP contribution in [0.1, 0.15) is 21.6 Å². The molecule has 9 nitrogen and oxygen atoms in total. The summed E-state index contributed by atoms with van der Waals surface area (Å²) < 4.78 is 7.80. The van der Waals surface area contributed by atoms with Gasteiger partial charge in [-0.1, -0.05) is 12.1 Å². The second kappa shape index (κ2) is 9.82. The van der Waals surface area contributed by atoms with Crippen molar-refractivity contribution in [1.82, 2.24) is 14.7 Å². The van der Waals surface area contributed by atoms with Gasteiger partial charge in [0.25, 0.3) is 11.6 Å². The number of rotatable bonds is 9. The first-order chi connectivity index (χ1) is 16.0. The van der Waals surface area contributed by atoms with Crippen molar-refractivity contribution in [3.63, 3.8) is 0 Å². The molecule has 2 heterocycles. The number of hydrogen-bond donors (Lipinski definition) is 2. The molecule has 0 atom stereocenters. The molecule has 4 aromatic rings. The van der Waals surface area contributed by atoms with Gasteiger partial charge in [0.15, 0.2) is 0 Å². The first kappa shape index (κ1) is 21.8. The molecular formula is C24H23N5O4. The zero-order chi connectivity index (χ0) is 23.2. The van der Waals surface area contributed by atoms with Crippen LogP contribution < -0.4 is 15.4 Å². The highest BCUT2D eigenvalue weighted by Crippen LogP contribution is 2.17. The number of pyridine rings is 1. The lowest BCUT2D eigenvalue weighted by atomic mass is 10.2. The van der Waals surface area contributed by atoms with Crippen molar-refractivity contribution < 1.29 is 14.5 Å². The summed E-state index contributed by atoms with van der Waals surface area (Å²) in [5.74, 6) is 0.369. The van der Waals surface area contributed by atoms with Gasteiger partial charge in [0.05, 0.1) is 10.6 Å². The number of anilines is 1. The third kappa shape index (κ3) is 5.65. The van der Waals surface area contributed by atoms with Crippen LogP contribution in [0.2, 0.25) is 0 Å². The minimum Gasteiger partial charge on any atom is -0.487 e. The summed E-state index contributed by atoms with van der Waals surface area (Å²) >= 11 is 0.